The minimum Gasteiger partial charge on any atom is -0.438 e. The van der Waals surface area contributed by atoms with Gasteiger partial charge in [0.1, 0.15) is 23.3 Å². The number of rotatable bonds is 7. The number of aromatic nitrogens is 3. The van der Waals surface area contributed by atoms with Crippen LogP contribution >= 0.6 is 0 Å². The molecule has 10 nitrogen and oxygen atoms in total. The van der Waals surface area contributed by atoms with Crippen molar-refractivity contribution in [3.63, 3.8) is 0 Å². The predicted octanol–water partition coefficient (Wildman–Crippen LogP) is 4.84. The van der Waals surface area contributed by atoms with Crippen molar-refractivity contribution in [1.29, 1.82) is 0 Å². The molecule has 2 atom stereocenters. The van der Waals surface area contributed by atoms with Crippen LogP contribution in [0.25, 0.3) is 11.1 Å². The number of urea groups is 1. The first kappa shape index (κ1) is 26.4. The minimum atomic E-state index is -4.56. The van der Waals surface area contributed by atoms with E-state index in [-0.39, 0.29) is 49.7 Å². The minimum absolute atomic E-state index is 0.0353. The average Bonchev–Trinajstić information content (AvgIpc) is 3.28. The van der Waals surface area contributed by atoms with E-state index in [0.717, 1.165) is 17.7 Å². The molecule has 3 aliphatic rings. The smallest absolute Gasteiger partial charge is 0.410 e. The second kappa shape index (κ2) is 9.70. The lowest BCUT2D eigenvalue weighted by atomic mass is 9.82. The molecule has 1 saturated heterocycles. The van der Waals surface area contributed by atoms with Gasteiger partial charge in [0, 0.05) is 25.3 Å². The molecule has 3 amide bonds. The van der Waals surface area contributed by atoms with Gasteiger partial charge in [-0.2, -0.15) is 13.2 Å². The number of fused-ring (bicyclic) bond motifs is 1. The van der Waals surface area contributed by atoms with Gasteiger partial charge < -0.3 is 20.0 Å². The van der Waals surface area contributed by atoms with Crippen LogP contribution in [0.1, 0.15) is 78.1 Å². The fraction of sp³-hybridized carbons (Fsp3) is 0.560. The van der Waals surface area contributed by atoms with Gasteiger partial charge in [-0.15, -0.1) is 0 Å². The highest BCUT2D eigenvalue weighted by atomic mass is 19.4. The van der Waals surface area contributed by atoms with E-state index in [2.05, 4.69) is 20.6 Å². The van der Waals surface area contributed by atoms with Gasteiger partial charge in [0.2, 0.25) is 11.8 Å². The fourth-order valence-electron chi connectivity index (χ4n) is 5.32. The van der Waals surface area contributed by atoms with Crippen LogP contribution < -0.4 is 10.6 Å². The maximum atomic E-state index is 13.9. The molecule has 15 heteroatoms. The number of nitrogens with zero attached hydrogens (tertiary/aromatic N) is 4. The molecule has 3 aromatic rings. The summed E-state index contributed by atoms with van der Waals surface area (Å²) in [7, 11) is 0. The van der Waals surface area contributed by atoms with E-state index < -0.39 is 48.6 Å². The fourth-order valence-corrected chi connectivity index (χ4v) is 5.32. The number of amides is 3. The normalized spacial score (nSPS) is 22.5. The number of carbonyl (C=O) groups excluding carboxylic acids is 2. The van der Waals surface area contributed by atoms with Gasteiger partial charge in [0.15, 0.2) is 11.3 Å². The van der Waals surface area contributed by atoms with Gasteiger partial charge >= 0.3 is 12.2 Å². The molecular weight excluding hydrogens is 543 g/mol. The molecule has 3 heterocycles. The molecule has 6 rings (SSSR count). The van der Waals surface area contributed by atoms with E-state index in [0.29, 0.717) is 22.4 Å². The van der Waals surface area contributed by atoms with Crippen molar-refractivity contribution in [2.24, 2.45) is 5.92 Å². The molecule has 1 aliphatic heterocycles. The first-order chi connectivity index (χ1) is 19.0. The maximum Gasteiger partial charge on any atom is 0.410 e. The predicted molar refractivity (Wildman–Crippen MR) is 126 cm³/mol. The summed E-state index contributed by atoms with van der Waals surface area (Å²) in [6.07, 6.45) is -3.27. The zero-order valence-corrected chi connectivity index (χ0v) is 21.0. The number of hydrogen-bond donors (Lipinski definition) is 2. The Hall–Kier alpha value is -3.78. The third kappa shape index (κ3) is 5.32. The monoisotopic (exact) mass is 568 g/mol. The van der Waals surface area contributed by atoms with Crippen molar-refractivity contribution >= 4 is 23.0 Å². The second-order valence-corrected chi connectivity index (χ2v) is 10.7. The number of nitrogens with one attached hydrogen (secondary N) is 2. The highest BCUT2D eigenvalue weighted by molar-refractivity contribution is 5.93. The van der Waals surface area contributed by atoms with Crippen LogP contribution in [0, 0.1) is 5.92 Å². The Morgan fingerprint density at radius 2 is 1.93 bits per heavy atom. The van der Waals surface area contributed by atoms with Crippen molar-refractivity contribution in [3.05, 3.63) is 41.0 Å². The maximum absolute atomic E-state index is 13.9. The molecular formula is C25H25F5N6O4. The molecule has 2 saturated carbocycles. The average molecular weight is 569 g/mol. The Morgan fingerprint density at radius 1 is 1.18 bits per heavy atom. The number of halogens is 5. The van der Waals surface area contributed by atoms with Crippen molar-refractivity contribution in [3.8, 4) is 0 Å². The highest BCUT2D eigenvalue weighted by Gasteiger charge is 2.47. The van der Waals surface area contributed by atoms with Crippen LogP contribution in [0.2, 0.25) is 0 Å². The van der Waals surface area contributed by atoms with Crippen molar-refractivity contribution in [1.82, 2.24) is 30.8 Å². The number of oxazole rings is 1. The van der Waals surface area contributed by atoms with Gasteiger partial charge in [0.25, 0.3) is 5.91 Å². The summed E-state index contributed by atoms with van der Waals surface area (Å²) in [5.41, 5.74) is 1.69. The Kier molecular flexibility index (Phi) is 6.41. The number of hydrogen-bond acceptors (Lipinski definition) is 7. The van der Waals surface area contributed by atoms with Crippen molar-refractivity contribution in [2.45, 2.75) is 75.2 Å². The summed E-state index contributed by atoms with van der Waals surface area (Å²) >= 11 is 0. The molecule has 40 heavy (non-hydrogen) atoms. The largest absolute Gasteiger partial charge is 0.438 e. The first-order valence-electron chi connectivity index (χ1n) is 13.0. The molecule has 2 aliphatic carbocycles. The van der Waals surface area contributed by atoms with E-state index >= 15 is 0 Å². The Balaban J connectivity index is 1.24. The van der Waals surface area contributed by atoms with E-state index in [9.17, 15) is 31.5 Å². The van der Waals surface area contributed by atoms with E-state index in [1.807, 2.05) is 5.32 Å². The molecule has 0 bridgehead atoms. The lowest BCUT2D eigenvalue weighted by molar-refractivity contribution is -0.149. The number of benzene rings is 1. The van der Waals surface area contributed by atoms with Crippen LogP contribution in [-0.4, -0.2) is 56.8 Å². The van der Waals surface area contributed by atoms with Crippen molar-refractivity contribution < 1.29 is 40.6 Å². The number of alkyl halides is 5. The van der Waals surface area contributed by atoms with Crippen LogP contribution in [0.3, 0.4) is 0 Å². The zero-order valence-electron chi connectivity index (χ0n) is 21.0. The van der Waals surface area contributed by atoms with Gasteiger partial charge in [-0.3, -0.25) is 4.79 Å². The molecule has 1 aromatic carbocycles. The van der Waals surface area contributed by atoms with Gasteiger partial charge in [-0.25, -0.2) is 23.2 Å². The van der Waals surface area contributed by atoms with E-state index in [1.165, 1.54) is 0 Å². The van der Waals surface area contributed by atoms with Crippen molar-refractivity contribution in [2.75, 3.05) is 6.54 Å². The topological polar surface area (TPSA) is 126 Å². The molecule has 0 radical (unpaired) electrons. The van der Waals surface area contributed by atoms with Gasteiger partial charge in [0.05, 0.1) is 6.54 Å². The second-order valence-electron chi connectivity index (χ2n) is 10.7. The van der Waals surface area contributed by atoms with E-state index in [4.69, 9.17) is 9.05 Å². The summed E-state index contributed by atoms with van der Waals surface area (Å²) in [5.74, 6) is -3.56. The Labute approximate surface area is 223 Å². The zero-order chi connectivity index (χ0) is 28.2. The first-order valence-corrected chi connectivity index (χ1v) is 13.0. The lowest BCUT2D eigenvalue weighted by Gasteiger charge is -2.32. The van der Waals surface area contributed by atoms with Crippen LogP contribution in [0.4, 0.5) is 26.7 Å². The summed E-state index contributed by atoms with van der Waals surface area (Å²) in [6, 6.07) is 1.13. The molecule has 214 valence electrons. The highest BCUT2D eigenvalue weighted by Crippen LogP contribution is 2.43. The number of carbonyl (C=O) groups is 2. The SMILES string of the molecule is O=C(NC(c1nc2cc(CN3CC(C(F)(F)F)NC3=O)ccc2o1)C1CCC(F)(F)CC1)c1nonc1C1CC1. The summed E-state index contributed by atoms with van der Waals surface area (Å²) in [4.78, 5) is 30.8. The molecule has 3 fully saturated rings. The van der Waals surface area contributed by atoms with Crippen LogP contribution in [0.15, 0.2) is 27.2 Å². The molecule has 2 unspecified atom stereocenters. The molecule has 2 aromatic heterocycles. The third-order valence-corrected chi connectivity index (χ3v) is 7.70. The van der Waals surface area contributed by atoms with Crippen LogP contribution in [0.5, 0.6) is 0 Å². The summed E-state index contributed by atoms with van der Waals surface area (Å²) in [6.45, 7) is -0.609. The van der Waals surface area contributed by atoms with Gasteiger partial charge in [-0.1, -0.05) is 11.2 Å². The Morgan fingerprint density at radius 3 is 2.60 bits per heavy atom. The third-order valence-electron chi connectivity index (χ3n) is 7.70. The molecule has 0 spiro atoms. The summed E-state index contributed by atoms with van der Waals surface area (Å²) in [5, 5.41) is 12.4. The Bertz CT molecular complexity index is 1420. The summed E-state index contributed by atoms with van der Waals surface area (Å²) < 4.78 is 77.6. The lowest BCUT2D eigenvalue weighted by Crippen LogP contribution is -2.40. The molecule has 2 N–H and O–H groups in total. The van der Waals surface area contributed by atoms with E-state index in [1.54, 1.807) is 18.2 Å². The van der Waals surface area contributed by atoms with Crippen LogP contribution in [-0.2, 0) is 6.54 Å². The van der Waals surface area contributed by atoms with Gasteiger partial charge in [-0.05, 0) is 54.5 Å². The quantitative estimate of drug-likeness (QED) is 0.391. The standard InChI is InChI=1S/C25H25F5N6O4/c26-24(27)7-5-14(6-8-24)19(33-21(37)20-18(13-2-3-13)34-40-35-20)22-31-15-9-12(1-4-16(15)39-22)10-36-11-17(25(28,29)30)32-23(36)38/h1,4,9,13-14,17,19H,2-3,5-8,10-11H2,(H,32,38)(H,33,37).